The fourth-order valence-corrected chi connectivity index (χ4v) is 4.24. The van der Waals surface area contributed by atoms with Gasteiger partial charge in [-0.3, -0.25) is 9.48 Å². The summed E-state index contributed by atoms with van der Waals surface area (Å²) in [6.45, 7) is 2.31. The lowest BCUT2D eigenvalue weighted by Crippen LogP contribution is -2.36. The third kappa shape index (κ3) is 3.96. The predicted octanol–water partition coefficient (Wildman–Crippen LogP) is 2.15. The Hall–Kier alpha value is -2.92. The first-order valence-corrected chi connectivity index (χ1v) is 9.88. The summed E-state index contributed by atoms with van der Waals surface area (Å²) in [6, 6.07) is 8.34. The van der Waals surface area contributed by atoms with Gasteiger partial charge in [0.15, 0.2) is 0 Å². The maximum absolute atomic E-state index is 14.3. The highest BCUT2D eigenvalue weighted by atomic mass is 19.1. The number of nitriles is 1. The van der Waals surface area contributed by atoms with Crippen LogP contribution < -0.4 is 10.2 Å². The number of carbonyl (C=O) groups is 1. The van der Waals surface area contributed by atoms with E-state index in [4.69, 9.17) is 10.00 Å². The Kier molecular flexibility index (Phi) is 5.49. The molecule has 1 aromatic carbocycles. The minimum atomic E-state index is -0.424. The van der Waals surface area contributed by atoms with Gasteiger partial charge in [0.1, 0.15) is 11.9 Å². The van der Waals surface area contributed by atoms with Gasteiger partial charge in [-0.15, -0.1) is 0 Å². The number of amides is 1. The summed E-state index contributed by atoms with van der Waals surface area (Å²) in [6.07, 6.45) is 3.26. The Morgan fingerprint density at radius 3 is 3.00 bits per heavy atom. The second-order valence-corrected chi connectivity index (χ2v) is 7.67. The molecule has 0 bridgehead atoms. The normalized spacial score (nSPS) is 23.9. The molecule has 2 saturated heterocycles. The second kappa shape index (κ2) is 8.21. The van der Waals surface area contributed by atoms with Crippen molar-refractivity contribution in [3.8, 4) is 6.07 Å². The molecule has 8 heteroatoms. The summed E-state index contributed by atoms with van der Waals surface area (Å²) in [5, 5.41) is 16.2. The van der Waals surface area contributed by atoms with Crippen LogP contribution in [0.3, 0.4) is 0 Å². The zero-order chi connectivity index (χ0) is 20.4. The van der Waals surface area contributed by atoms with Crippen LogP contribution >= 0.6 is 0 Å². The topological polar surface area (TPSA) is 83.2 Å². The SMILES string of the molecule is Cn1nccc1[C@@H]1OCC[C@H]1CNC(=O)C1CCN(c2ccc(C#N)cc2F)C1. The quantitative estimate of drug-likeness (QED) is 0.836. The first-order chi connectivity index (χ1) is 14.1. The van der Waals surface area contributed by atoms with Crippen molar-refractivity contribution in [2.75, 3.05) is 31.1 Å². The monoisotopic (exact) mass is 397 g/mol. The number of hydrogen-bond donors (Lipinski definition) is 1. The van der Waals surface area contributed by atoms with Gasteiger partial charge in [-0.05, 0) is 37.1 Å². The molecule has 0 radical (unpaired) electrons. The van der Waals surface area contributed by atoms with Crippen molar-refractivity contribution in [1.29, 1.82) is 5.26 Å². The van der Waals surface area contributed by atoms with Gasteiger partial charge in [-0.25, -0.2) is 4.39 Å². The number of carbonyl (C=O) groups excluding carboxylic acids is 1. The first-order valence-electron chi connectivity index (χ1n) is 9.88. The Labute approximate surface area is 169 Å². The van der Waals surface area contributed by atoms with E-state index in [1.54, 1.807) is 18.3 Å². The van der Waals surface area contributed by atoms with Gasteiger partial charge in [0, 0.05) is 45.4 Å². The maximum Gasteiger partial charge on any atom is 0.224 e. The number of nitrogens with one attached hydrogen (secondary N) is 1. The van der Waals surface area contributed by atoms with Crippen LogP contribution in [-0.4, -0.2) is 41.9 Å². The van der Waals surface area contributed by atoms with Gasteiger partial charge in [0.05, 0.1) is 28.9 Å². The van der Waals surface area contributed by atoms with E-state index in [-0.39, 0.29) is 23.8 Å². The Bertz CT molecular complexity index is 937. The van der Waals surface area contributed by atoms with E-state index >= 15 is 0 Å². The first kappa shape index (κ1) is 19.4. The van der Waals surface area contributed by atoms with Crippen LogP contribution in [0.2, 0.25) is 0 Å². The Balaban J connectivity index is 1.33. The number of ether oxygens (including phenoxy) is 1. The molecule has 1 unspecified atom stereocenters. The number of anilines is 1. The Morgan fingerprint density at radius 1 is 1.41 bits per heavy atom. The molecule has 29 heavy (non-hydrogen) atoms. The van der Waals surface area contributed by atoms with E-state index in [1.165, 1.54) is 6.07 Å². The van der Waals surface area contributed by atoms with Crippen LogP contribution in [-0.2, 0) is 16.6 Å². The molecule has 1 aromatic heterocycles. The zero-order valence-corrected chi connectivity index (χ0v) is 16.3. The lowest BCUT2D eigenvalue weighted by molar-refractivity contribution is -0.124. The highest BCUT2D eigenvalue weighted by Crippen LogP contribution is 2.34. The van der Waals surface area contributed by atoms with E-state index in [2.05, 4.69) is 10.4 Å². The molecule has 2 aromatic rings. The lowest BCUT2D eigenvalue weighted by Gasteiger charge is -2.21. The molecule has 2 aliphatic heterocycles. The van der Waals surface area contributed by atoms with Gasteiger partial charge in [-0.2, -0.15) is 10.4 Å². The maximum atomic E-state index is 14.3. The molecular weight excluding hydrogens is 373 g/mol. The van der Waals surface area contributed by atoms with Crippen molar-refractivity contribution in [2.24, 2.45) is 18.9 Å². The summed E-state index contributed by atoms with van der Waals surface area (Å²) in [5.41, 5.74) is 1.76. The number of benzene rings is 1. The molecule has 0 spiro atoms. The van der Waals surface area contributed by atoms with Crippen molar-refractivity contribution in [2.45, 2.75) is 18.9 Å². The summed E-state index contributed by atoms with van der Waals surface area (Å²) >= 11 is 0. The van der Waals surface area contributed by atoms with Crippen molar-refractivity contribution < 1.29 is 13.9 Å². The van der Waals surface area contributed by atoms with Gasteiger partial charge in [-0.1, -0.05) is 0 Å². The third-order valence-corrected chi connectivity index (χ3v) is 5.88. The average Bonchev–Trinajstić information content (AvgIpc) is 3.46. The molecule has 0 aliphatic carbocycles. The highest BCUT2D eigenvalue weighted by molar-refractivity contribution is 5.80. The van der Waals surface area contributed by atoms with Crippen molar-refractivity contribution >= 4 is 11.6 Å². The molecule has 0 saturated carbocycles. The van der Waals surface area contributed by atoms with Crippen LogP contribution in [0.25, 0.3) is 0 Å². The molecule has 1 N–H and O–H groups in total. The summed E-state index contributed by atoms with van der Waals surface area (Å²) in [5.74, 6) is -0.394. The van der Waals surface area contributed by atoms with E-state index in [0.29, 0.717) is 43.9 Å². The highest BCUT2D eigenvalue weighted by Gasteiger charge is 2.34. The summed E-state index contributed by atoms with van der Waals surface area (Å²) in [4.78, 5) is 14.6. The number of halogens is 1. The molecule has 3 atom stereocenters. The van der Waals surface area contributed by atoms with Crippen LogP contribution in [0.1, 0.15) is 30.2 Å². The number of aromatic nitrogens is 2. The van der Waals surface area contributed by atoms with Crippen LogP contribution in [0.15, 0.2) is 30.5 Å². The zero-order valence-electron chi connectivity index (χ0n) is 16.3. The van der Waals surface area contributed by atoms with Gasteiger partial charge in [0.2, 0.25) is 5.91 Å². The standard InChI is InChI=1S/C21H24FN5O2/c1-26-19(4-7-25-26)20-15(6-9-29-20)12-24-21(28)16-5-8-27(13-16)18-3-2-14(11-23)10-17(18)22/h2-4,7,10,15-16,20H,5-6,8-9,12-13H2,1H3,(H,24,28)/t15-,16?,20+/m0/s1. The van der Waals surface area contributed by atoms with Gasteiger partial charge >= 0.3 is 0 Å². The molecule has 2 aliphatic rings. The van der Waals surface area contributed by atoms with E-state index in [1.807, 2.05) is 28.8 Å². The van der Waals surface area contributed by atoms with Gasteiger partial charge < -0.3 is 15.0 Å². The average molecular weight is 397 g/mol. The van der Waals surface area contributed by atoms with E-state index in [0.717, 1.165) is 12.1 Å². The second-order valence-electron chi connectivity index (χ2n) is 7.67. The summed E-state index contributed by atoms with van der Waals surface area (Å²) < 4.78 is 21.9. The molecular formula is C21H24FN5O2. The molecule has 1 amide bonds. The van der Waals surface area contributed by atoms with Gasteiger partial charge in [0.25, 0.3) is 0 Å². The Morgan fingerprint density at radius 2 is 2.28 bits per heavy atom. The van der Waals surface area contributed by atoms with Crippen LogP contribution in [0.4, 0.5) is 10.1 Å². The molecule has 3 heterocycles. The third-order valence-electron chi connectivity index (χ3n) is 5.88. The predicted molar refractivity (Wildman–Crippen MR) is 104 cm³/mol. The van der Waals surface area contributed by atoms with Crippen molar-refractivity contribution in [1.82, 2.24) is 15.1 Å². The molecule has 7 nitrogen and oxygen atoms in total. The fourth-order valence-electron chi connectivity index (χ4n) is 4.24. The number of rotatable bonds is 5. The molecule has 152 valence electrons. The van der Waals surface area contributed by atoms with E-state index < -0.39 is 5.82 Å². The molecule has 4 rings (SSSR count). The van der Waals surface area contributed by atoms with Crippen molar-refractivity contribution in [3.63, 3.8) is 0 Å². The van der Waals surface area contributed by atoms with E-state index in [9.17, 15) is 9.18 Å². The van der Waals surface area contributed by atoms with Crippen LogP contribution in [0, 0.1) is 29.0 Å². The molecule has 2 fully saturated rings. The lowest BCUT2D eigenvalue weighted by atomic mass is 9.98. The van der Waals surface area contributed by atoms with Crippen molar-refractivity contribution in [3.05, 3.63) is 47.5 Å². The van der Waals surface area contributed by atoms with Crippen LogP contribution in [0.5, 0.6) is 0 Å². The number of nitrogens with zero attached hydrogens (tertiary/aromatic N) is 4. The smallest absolute Gasteiger partial charge is 0.224 e. The fraction of sp³-hybridized carbons (Fsp3) is 0.476. The summed E-state index contributed by atoms with van der Waals surface area (Å²) in [7, 11) is 1.89. The largest absolute Gasteiger partial charge is 0.372 e. The number of hydrogen-bond acceptors (Lipinski definition) is 5. The minimum absolute atomic E-state index is 0.00258. The minimum Gasteiger partial charge on any atom is -0.372 e. The number of aryl methyl sites for hydroxylation is 1.